The van der Waals surface area contributed by atoms with Gasteiger partial charge in [0.25, 0.3) is 5.91 Å². The summed E-state index contributed by atoms with van der Waals surface area (Å²) < 4.78 is 62.6. The van der Waals surface area contributed by atoms with Gasteiger partial charge in [-0.15, -0.1) is 0 Å². The molecular formula is C15H20F2N2O5S. The highest BCUT2D eigenvalue weighted by Crippen LogP contribution is 2.25. The Hall–Kier alpha value is -1.78. The van der Waals surface area contributed by atoms with E-state index in [4.69, 9.17) is 4.74 Å². The standard InChI is InChI=1S/C15H20F2N2O5S/c1-19(2)25(21,22)8-9-6-24-7-12(9)18-15(20)10-4-5-11(16)14(23-3)13(10)17/h4-5,9,12H,6-8H2,1-3H3,(H,18,20)/t9-,12+/m0/s1. The monoisotopic (exact) mass is 378 g/mol. The molecular weight excluding hydrogens is 358 g/mol. The Labute approximate surface area is 145 Å². The first-order chi connectivity index (χ1) is 11.7. The number of carbonyl (C=O) groups excluding carboxylic acids is 1. The number of nitrogens with zero attached hydrogens (tertiary/aromatic N) is 1. The zero-order valence-corrected chi connectivity index (χ0v) is 14.9. The van der Waals surface area contributed by atoms with E-state index in [9.17, 15) is 22.0 Å². The molecule has 0 aromatic heterocycles. The molecule has 0 radical (unpaired) electrons. The molecule has 25 heavy (non-hydrogen) atoms. The van der Waals surface area contributed by atoms with Crippen LogP contribution in [0, 0.1) is 17.6 Å². The summed E-state index contributed by atoms with van der Waals surface area (Å²) in [5.74, 6) is -4.16. The minimum Gasteiger partial charge on any atom is -0.491 e. The first-order valence-electron chi connectivity index (χ1n) is 7.48. The van der Waals surface area contributed by atoms with Crippen molar-refractivity contribution in [3.63, 3.8) is 0 Å². The van der Waals surface area contributed by atoms with Crippen LogP contribution < -0.4 is 10.1 Å². The van der Waals surface area contributed by atoms with Gasteiger partial charge in [0, 0.05) is 20.0 Å². The maximum Gasteiger partial charge on any atom is 0.254 e. The lowest BCUT2D eigenvalue weighted by atomic mass is 10.1. The third-order valence-electron chi connectivity index (χ3n) is 3.99. The molecule has 140 valence electrons. The van der Waals surface area contributed by atoms with E-state index in [1.165, 1.54) is 14.1 Å². The van der Waals surface area contributed by atoms with Gasteiger partial charge in [-0.05, 0) is 12.1 Å². The summed E-state index contributed by atoms with van der Waals surface area (Å²) in [6, 6.07) is 1.33. The van der Waals surface area contributed by atoms with Gasteiger partial charge < -0.3 is 14.8 Å². The van der Waals surface area contributed by atoms with Crippen molar-refractivity contribution in [2.75, 3.05) is 40.2 Å². The Bertz CT molecular complexity index is 755. The van der Waals surface area contributed by atoms with Crippen LogP contribution in [0.25, 0.3) is 0 Å². The van der Waals surface area contributed by atoms with Gasteiger partial charge in [0.1, 0.15) is 0 Å². The van der Waals surface area contributed by atoms with Crippen LogP contribution in [0.5, 0.6) is 5.75 Å². The van der Waals surface area contributed by atoms with Crippen molar-refractivity contribution in [2.24, 2.45) is 5.92 Å². The number of hydrogen-bond donors (Lipinski definition) is 1. The molecule has 2 rings (SSSR count). The second-order valence-corrected chi connectivity index (χ2v) is 8.11. The third-order valence-corrected chi connectivity index (χ3v) is 5.96. The smallest absolute Gasteiger partial charge is 0.254 e. The third kappa shape index (κ3) is 4.25. The Balaban J connectivity index is 2.15. The van der Waals surface area contributed by atoms with Crippen LogP contribution in [0.2, 0.25) is 0 Å². The number of sulfonamides is 1. The van der Waals surface area contributed by atoms with Gasteiger partial charge in [0.05, 0.1) is 37.7 Å². The predicted octanol–water partition coefficient (Wildman–Crippen LogP) is 0.610. The van der Waals surface area contributed by atoms with Crippen LogP contribution in [-0.4, -0.2) is 64.8 Å². The van der Waals surface area contributed by atoms with Gasteiger partial charge in [-0.1, -0.05) is 0 Å². The van der Waals surface area contributed by atoms with Gasteiger partial charge in [0.15, 0.2) is 17.4 Å². The number of ether oxygens (including phenoxy) is 2. The minimum atomic E-state index is -3.48. The lowest BCUT2D eigenvalue weighted by Crippen LogP contribution is -2.43. The summed E-state index contributed by atoms with van der Waals surface area (Å²) in [6.07, 6.45) is 0. The fraction of sp³-hybridized carbons (Fsp3) is 0.533. The Kier molecular flexibility index (Phi) is 5.96. The van der Waals surface area contributed by atoms with Crippen LogP contribution >= 0.6 is 0 Å². The maximum atomic E-state index is 14.2. The number of halogens is 2. The topological polar surface area (TPSA) is 84.9 Å². The quantitative estimate of drug-likeness (QED) is 0.784. The fourth-order valence-electron chi connectivity index (χ4n) is 2.48. The number of methoxy groups -OCH3 is 1. The first kappa shape index (κ1) is 19.5. The Morgan fingerprint density at radius 3 is 2.64 bits per heavy atom. The zero-order valence-electron chi connectivity index (χ0n) is 14.1. The van der Waals surface area contributed by atoms with Crippen LogP contribution in [0.15, 0.2) is 12.1 Å². The lowest BCUT2D eigenvalue weighted by Gasteiger charge is -2.21. The second kappa shape index (κ2) is 7.63. The molecule has 1 heterocycles. The van der Waals surface area contributed by atoms with Crippen molar-refractivity contribution in [3.8, 4) is 5.75 Å². The van der Waals surface area contributed by atoms with Crippen LogP contribution in [0.1, 0.15) is 10.4 Å². The Morgan fingerprint density at radius 2 is 2.04 bits per heavy atom. The summed E-state index contributed by atoms with van der Waals surface area (Å²) >= 11 is 0. The van der Waals surface area contributed by atoms with E-state index in [-0.39, 0.29) is 24.5 Å². The molecule has 1 amide bonds. The molecule has 1 aromatic rings. The Morgan fingerprint density at radius 1 is 1.36 bits per heavy atom. The number of carbonyl (C=O) groups is 1. The molecule has 1 N–H and O–H groups in total. The SMILES string of the molecule is COc1c(F)ccc(C(=O)N[C@@H]2COC[C@H]2CS(=O)(=O)N(C)C)c1F. The second-order valence-electron chi connectivity index (χ2n) is 5.88. The summed E-state index contributed by atoms with van der Waals surface area (Å²) in [7, 11) is 0.443. The normalized spacial score (nSPS) is 20.7. The predicted molar refractivity (Wildman–Crippen MR) is 85.9 cm³/mol. The minimum absolute atomic E-state index is 0.110. The zero-order chi connectivity index (χ0) is 18.8. The highest BCUT2D eigenvalue weighted by molar-refractivity contribution is 7.89. The van der Waals surface area contributed by atoms with Gasteiger partial charge >= 0.3 is 0 Å². The maximum absolute atomic E-state index is 14.2. The average molecular weight is 378 g/mol. The van der Waals surface area contributed by atoms with Gasteiger partial charge in [-0.25, -0.2) is 21.5 Å². The lowest BCUT2D eigenvalue weighted by molar-refractivity contribution is 0.0921. The van der Waals surface area contributed by atoms with E-state index in [2.05, 4.69) is 10.1 Å². The average Bonchev–Trinajstić information content (AvgIpc) is 2.93. The molecule has 0 unspecified atom stereocenters. The molecule has 7 nitrogen and oxygen atoms in total. The molecule has 1 aliphatic heterocycles. The molecule has 0 bridgehead atoms. The van der Waals surface area contributed by atoms with Crippen molar-refractivity contribution in [1.29, 1.82) is 0 Å². The van der Waals surface area contributed by atoms with E-state index in [1.807, 2.05) is 0 Å². The summed E-state index contributed by atoms with van der Waals surface area (Å²) in [5, 5.41) is 2.55. The van der Waals surface area contributed by atoms with Crippen molar-refractivity contribution < 1.29 is 31.5 Å². The molecule has 1 aromatic carbocycles. The van der Waals surface area contributed by atoms with Crippen molar-refractivity contribution in [1.82, 2.24) is 9.62 Å². The van der Waals surface area contributed by atoms with Crippen LogP contribution in [0.4, 0.5) is 8.78 Å². The molecule has 1 fully saturated rings. The van der Waals surface area contributed by atoms with E-state index < -0.39 is 45.3 Å². The molecule has 10 heteroatoms. The van der Waals surface area contributed by atoms with Gasteiger partial charge in [0.2, 0.25) is 10.0 Å². The molecule has 1 saturated heterocycles. The molecule has 0 spiro atoms. The van der Waals surface area contributed by atoms with E-state index in [1.54, 1.807) is 0 Å². The largest absolute Gasteiger partial charge is 0.491 e. The van der Waals surface area contributed by atoms with E-state index in [0.717, 1.165) is 23.5 Å². The number of amides is 1. The van der Waals surface area contributed by atoms with E-state index >= 15 is 0 Å². The summed E-state index contributed by atoms with van der Waals surface area (Å²) in [6.45, 7) is 0.270. The molecule has 1 aliphatic rings. The van der Waals surface area contributed by atoms with Crippen molar-refractivity contribution >= 4 is 15.9 Å². The number of nitrogens with one attached hydrogen (secondary N) is 1. The molecule has 0 saturated carbocycles. The molecule has 2 atom stereocenters. The van der Waals surface area contributed by atoms with E-state index in [0.29, 0.717) is 0 Å². The fourth-order valence-corrected chi connectivity index (χ4v) is 3.65. The van der Waals surface area contributed by atoms with Crippen LogP contribution in [-0.2, 0) is 14.8 Å². The van der Waals surface area contributed by atoms with Crippen LogP contribution in [0.3, 0.4) is 0 Å². The summed E-state index contributed by atoms with van der Waals surface area (Å²) in [5.41, 5.74) is -0.389. The highest BCUT2D eigenvalue weighted by Gasteiger charge is 2.35. The molecule has 0 aliphatic carbocycles. The number of rotatable bonds is 6. The number of hydrogen-bond acceptors (Lipinski definition) is 5. The van der Waals surface area contributed by atoms with Crippen molar-refractivity contribution in [2.45, 2.75) is 6.04 Å². The van der Waals surface area contributed by atoms with Gasteiger partial charge in [-0.3, -0.25) is 4.79 Å². The highest BCUT2D eigenvalue weighted by atomic mass is 32.2. The summed E-state index contributed by atoms with van der Waals surface area (Å²) in [4.78, 5) is 12.3. The van der Waals surface area contributed by atoms with Gasteiger partial charge in [-0.2, -0.15) is 0 Å². The first-order valence-corrected chi connectivity index (χ1v) is 9.09. The van der Waals surface area contributed by atoms with Crippen molar-refractivity contribution in [3.05, 3.63) is 29.3 Å². The number of benzene rings is 1.